The summed E-state index contributed by atoms with van der Waals surface area (Å²) >= 11 is 1.73. The lowest BCUT2D eigenvalue weighted by Crippen LogP contribution is -2.26. The van der Waals surface area contributed by atoms with Crippen LogP contribution in [-0.4, -0.2) is 25.7 Å². The third-order valence-electron chi connectivity index (χ3n) is 3.81. The van der Waals surface area contributed by atoms with E-state index in [1.807, 2.05) is 18.2 Å². The fraction of sp³-hybridized carbons (Fsp3) is 0.438. The zero-order chi connectivity index (χ0) is 14.7. The summed E-state index contributed by atoms with van der Waals surface area (Å²) in [5, 5.41) is 6.84. The normalized spacial score (nSPS) is 18.5. The summed E-state index contributed by atoms with van der Waals surface area (Å²) < 4.78 is 10.6. The van der Waals surface area contributed by atoms with Crippen LogP contribution >= 0.6 is 11.3 Å². The predicted octanol–water partition coefficient (Wildman–Crippen LogP) is 3.64. The Morgan fingerprint density at radius 1 is 1.19 bits per heavy atom. The van der Waals surface area contributed by atoms with Crippen LogP contribution in [0.25, 0.3) is 11.3 Å². The second-order valence-electron chi connectivity index (χ2n) is 5.14. The van der Waals surface area contributed by atoms with Crippen LogP contribution in [0.3, 0.4) is 0 Å². The Balaban J connectivity index is 1.85. The number of benzene rings is 1. The Morgan fingerprint density at radius 2 is 2.05 bits per heavy atom. The van der Waals surface area contributed by atoms with E-state index in [0.29, 0.717) is 6.04 Å². The number of nitrogens with zero attached hydrogens (tertiary/aromatic N) is 1. The zero-order valence-electron chi connectivity index (χ0n) is 12.4. The van der Waals surface area contributed by atoms with E-state index in [-0.39, 0.29) is 0 Å². The van der Waals surface area contributed by atoms with Crippen molar-refractivity contribution < 1.29 is 9.47 Å². The molecule has 1 aliphatic heterocycles. The molecule has 1 unspecified atom stereocenters. The molecule has 1 fully saturated rings. The molecular weight excluding hydrogens is 284 g/mol. The van der Waals surface area contributed by atoms with Gasteiger partial charge in [0.2, 0.25) is 0 Å². The van der Waals surface area contributed by atoms with E-state index in [1.165, 1.54) is 24.3 Å². The highest BCUT2D eigenvalue weighted by Gasteiger charge is 2.18. The number of hydrogen-bond acceptors (Lipinski definition) is 5. The SMILES string of the molecule is COc1ccc(-c2csc(C3CCCCN3)n2)cc1OC. The van der Waals surface area contributed by atoms with Gasteiger partial charge in [0.1, 0.15) is 5.01 Å². The number of nitrogens with one attached hydrogen (secondary N) is 1. The molecule has 3 rings (SSSR count). The Bertz CT molecular complexity index is 606. The zero-order valence-corrected chi connectivity index (χ0v) is 13.2. The fourth-order valence-corrected chi connectivity index (χ4v) is 3.58. The second kappa shape index (κ2) is 6.45. The third-order valence-corrected chi connectivity index (χ3v) is 4.77. The average molecular weight is 304 g/mol. The average Bonchev–Trinajstić information content (AvgIpc) is 3.05. The smallest absolute Gasteiger partial charge is 0.161 e. The second-order valence-corrected chi connectivity index (χ2v) is 6.03. The summed E-state index contributed by atoms with van der Waals surface area (Å²) in [6, 6.07) is 6.34. The Kier molecular flexibility index (Phi) is 4.41. The van der Waals surface area contributed by atoms with Crippen molar-refractivity contribution in [3.63, 3.8) is 0 Å². The van der Waals surface area contributed by atoms with Crippen molar-refractivity contribution >= 4 is 11.3 Å². The molecule has 5 heteroatoms. The van der Waals surface area contributed by atoms with Gasteiger partial charge >= 0.3 is 0 Å². The monoisotopic (exact) mass is 304 g/mol. The van der Waals surface area contributed by atoms with Crippen LogP contribution in [0.2, 0.25) is 0 Å². The molecule has 1 N–H and O–H groups in total. The van der Waals surface area contributed by atoms with Crippen molar-refractivity contribution in [1.29, 1.82) is 0 Å². The van der Waals surface area contributed by atoms with Crippen molar-refractivity contribution in [3.05, 3.63) is 28.6 Å². The highest BCUT2D eigenvalue weighted by atomic mass is 32.1. The summed E-state index contributed by atoms with van der Waals surface area (Å²) in [6.07, 6.45) is 3.73. The van der Waals surface area contributed by atoms with Crippen LogP contribution in [0.4, 0.5) is 0 Å². The van der Waals surface area contributed by atoms with Crippen LogP contribution in [0, 0.1) is 0 Å². The molecule has 1 aromatic carbocycles. The van der Waals surface area contributed by atoms with Gasteiger partial charge in [-0.1, -0.05) is 6.42 Å². The van der Waals surface area contributed by atoms with Gasteiger partial charge in [-0.25, -0.2) is 4.98 Å². The number of ether oxygens (including phenoxy) is 2. The van der Waals surface area contributed by atoms with Crippen LogP contribution in [0.15, 0.2) is 23.6 Å². The van der Waals surface area contributed by atoms with Gasteiger partial charge in [-0.3, -0.25) is 0 Å². The van der Waals surface area contributed by atoms with Gasteiger partial charge in [0.15, 0.2) is 11.5 Å². The van der Waals surface area contributed by atoms with Gasteiger partial charge in [-0.2, -0.15) is 0 Å². The van der Waals surface area contributed by atoms with Crippen molar-refractivity contribution in [2.45, 2.75) is 25.3 Å². The minimum Gasteiger partial charge on any atom is -0.493 e. The maximum Gasteiger partial charge on any atom is 0.161 e. The van der Waals surface area contributed by atoms with Gasteiger partial charge in [-0.05, 0) is 37.6 Å². The van der Waals surface area contributed by atoms with E-state index in [1.54, 1.807) is 25.6 Å². The summed E-state index contributed by atoms with van der Waals surface area (Å²) in [7, 11) is 3.30. The van der Waals surface area contributed by atoms with Crippen molar-refractivity contribution in [1.82, 2.24) is 10.3 Å². The first-order valence-electron chi connectivity index (χ1n) is 7.23. The van der Waals surface area contributed by atoms with E-state index < -0.39 is 0 Å². The Labute approximate surface area is 129 Å². The van der Waals surface area contributed by atoms with Gasteiger partial charge in [0.05, 0.1) is 26.0 Å². The molecule has 2 aromatic rings. The van der Waals surface area contributed by atoms with E-state index in [9.17, 15) is 0 Å². The molecule has 112 valence electrons. The van der Waals surface area contributed by atoms with Gasteiger partial charge in [0, 0.05) is 10.9 Å². The molecule has 0 saturated carbocycles. The number of methoxy groups -OCH3 is 2. The first-order chi connectivity index (χ1) is 10.3. The molecule has 0 amide bonds. The van der Waals surface area contributed by atoms with Gasteiger partial charge in [0.25, 0.3) is 0 Å². The van der Waals surface area contributed by atoms with E-state index in [2.05, 4.69) is 10.7 Å². The molecule has 0 radical (unpaired) electrons. The molecule has 0 bridgehead atoms. The topological polar surface area (TPSA) is 43.4 Å². The standard InChI is InChI=1S/C16H20N2O2S/c1-19-14-7-6-11(9-15(14)20-2)13-10-21-16(18-13)12-5-3-4-8-17-12/h6-7,9-10,12,17H,3-5,8H2,1-2H3. The number of thiazole rings is 1. The predicted molar refractivity (Wildman–Crippen MR) is 85.2 cm³/mol. The molecule has 0 spiro atoms. The van der Waals surface area contributed by atoms with Crippen molar-refractivity contribution in [2.75, 3.05) is 20.8 Å². The maximum absolute atomic E-state index is 5.36. The maximum atomic E-state index is 5.36. The van der Waals surface area contributed by atoms with Crippen molar-refractivity contribution in [2.24, 2.45) is 0 Å². The molecule has 2 heterocycles. The minimum absolute atomic E-state index is 0.414. The van der Waals surface area contributed by atoms with E-state index in [0.717, 1.165) is 29.3 Å². The number of aromatic nitrogens is 1. The van der Waals surface area contributed by atoms with Crippen LogP contribution < -0.4 is 14.8 Å². The molecule has 1 atom stereocenters. The highest BCUT2D eigenvalue weighted by Crippen LogP contribution is 2.34. The Morgan fingerprint density at radius 3 is 2.76 bits per heavy atom. The lowest BCUT2D eigenvalue weighted by molar-refractivity contribution is 0.355. The lowest BCUT2D eigenvalue weighted by atomic mass is 10.1. The summed E-state index contributed by atoms with van der Waals surface area (Å²) in [5.74, 6) is 1.48. The van der Waals surface area contributed by atoms with E-state index in [4.69, 9.17) is 14.5 Å². The molecule has 0 aliphatic carbocycles. The van der Waals surface area contributed by atoms with Crippen LogP contribution in [-0.2, 0) is 0 Å². The first kappa shape index (κ1) is 14.4. The summed E-state index contributed by atoms with van der Waals surface area (Å²) in [4.78, 5) is 4.79. The third kappa shape index (κ3) is 3.04. The van der Waals surface area contributed by atoms with Gasteiger partial charge in [-0.15, -0.1) is 11.3 Å². The fourth-order valence-electron chi connectivity index (χ4n) is 2.64. The molecule has 1 saturated heterocycles. The van der Waals surface area contributed by atoms with Crippen molar-refractivity contribution in [3.8, 4) is 22.8 Å². The molecule has 4 nitrogen and oxygen atoms in total. The van der Waals surface area contributed by atoms with Crippen LogP contribution in [0.1, 0.15) is 30.3 Å². The quantitative estimate of drug-likeness (QED) is 0.936. The van der Waals surface area contributed by atoms with Crippen LogP contribution in [0.5, 0.6) is 11.5 Å². The molecular formula is C16H20N2O2S. The molecule has 1 aromatic heterocycles. The summed E-state index contributed by atoms with van der Waals surface area (Å²) in [5.41, 5.74) is 2.06. The largest absolute Gasteiger partial charge is 0.493 e. The minimum atomic E-state index is 0.414. The molecule has 21 heavy (non-hydrogen) atoms. The highest BCUT2D eigenvalue weighted by molar-refractivity contribution is 7.10. The number of piperidine rings is 1. The number of hydrogen-bond donors (Lipinski definition) is 1. The Hall–Kier alpha value is -1.59. The molecule has 1 aliphatic rings. The lowest BCUT2D eigenvalue weighted by Gasteiger charge is -2.21. The number of rotatable bonds is 4. The van der Waals surface area contributed by atoms with E-state index >= 15 is 0 Å². The van der Waals surface area contributed by atoms with Gasteiger partial charge < -0.3 is 14.8 Å². The summed E-state index contributed by atoms with van der Waals surface area (Å²) in [6.45, 7) is 1.09. The first-order valence-corrected chi connectivity index (χ1v) is 8.11.